The first-order valence-electron chi connectivity index (χ1n) is 11.1. The third-order valence-electron chi connectivity index (χ3n) is 5.55. The first-order valence-corrected chi connectivity index (χ1v) is 11.9. The van der Waals surface area contributed by atoms with Gasteiger partial charge in [-0.15, -0.1) is 0 Å². The van der Waals surface area contributed by atoms with Gasteiger partial charge in [0.15, 0.2) is 16.3 Å². The number of hydrogen-bond acceptors (Lipinski definition) is 7. The molecular weight excluding hydrogens is 464 g/mol. The molecule has 3 aromatic rings. The molecule has 1 aliphatic rings. The van der Waals surface area contributed by atoms with Crippen LogP contribution in [0.1, 0.15) is 31.0 Å². The molecule has 35 heavy (non-hydrogen) atoms. The average Bonchev–Trinajstić information content (AvgIpc) is 3.17. The lowest BCUT2D eigenvalue weighted by Crippen LogP contribution is -2.38. The Bertz CT molecular complexity index is 1480. The van der Waals surface area contributed by atoms with Crippen molar-refractivity contribution in [2.24, 2.45) is 4.99 Å². The number of para-hydroxylation sites is 1. The van der Waals surface area contributed by atoms with Gasteiger partial charge in [-0.25, -0.2) is 9.79 Å². The van der Waals surface area contributed by atoms with Gasteiger partial charge in [-0.3, -0.25) is 9.36 Å². The van der Waals surface area contributed by atoms with Crippen LogP contribution < -0.4 is 24.4 Å². The molecule has 1 unspecified atom stereocenters. The highest BCUT2D eigenvalue weighted by atomic mass is 32.1. The summed E-state index contributed by atoms with van der Waals surface area (Å²) in [6.45, 7) is 3.74. The number of fused-ring (bicyclic) bond motifs is 1. The highest BCUT2D eigenvalue weighted by Crippen LogP contribution is 2.31. The zero-order chi connectivity index (χ0) is 24.9. The van der Waals surface area contributed by atoms with E-state index in [2.05, 4.69) is 4.99 Å². The van der Waals surface area contributed by atoms with Crippen molar-refractivity contribution in [1.82, 2.24) is 4.57 Å². The zero-order valence-electron chi connectivity index (χ0n) is 20.0. The van der Waals surface area contributed by atoms with Crippen LogP contribution in [0.15, 0.2) is 75.7 Å². The Kier molecular flexibility index (Phi) is 7.31. The number of hydrogen-bond donors (Lipinski definition) is 0. The lowest BCUT2D eigenvalue weighted by molar-refractivity contribution is -0.139. The van der Waals surface area contributed by atoms with Gasteiger partial charge < -0.3 is 14.2 Å². The first-order chi connectivity index (χ1) is 17.0. The molecule has 8 heteroatoms. The molecule has 1 aromatic heterocycles. The molecule has 0 N–H and O–H groups in total. The minimum atomic E-state index is -0.653. The molecule has 0 bridgehead atoms. The van der Waals surface area contributed by atoms with Crippen molar-refractivity contribution in [3.05, 3.63) is 96.7 Å². The van der Waals surface area contributed by atoms with Crippen LogP contribution in [0.2, 0.25) is 0 Å². The third kappa shape index (κ3) is 4.83. The molecule has 0 saturated carbocycles. The molecular formula is C27H26N2O5S. The van der Waals surface area contributed by atoms with E-state index in [4.69, 9.17) is 14.2 Å². The Balaban J connectivity index is 1.90. The topological polar surface area (TPSA) is 79.1 Å². The SMILES string of the molecule is CCOC(=O)C1=C(C)N=c2s/c(=C/c3cccc(OC)c3OC)c(=O)n2C1/C=C/c1ccccc1. The van der Waals surface area contributed by atoms with Crippen molar-refractivity contribution in [2.75, 3.05) is 20.8 Å². The molecule has 2 heterocycles. The second-order valence-corrected chi connectivity index (χ2v) is 8.71. The van der Waals surface area contributed by atoms with Gasteiger partial charge in [-0.1, -0.05) is 66.0 Å². The van der Waals surface area contributed by atoms with E-state index in [1.54, 1.807) is 44.8 Å². The predicted molar refractivity (Wildman–Crippen MR) is 136 cm³/mol. The molecule has 0 aliphatic carbocycles. The van der Waals surface area contributed by atoms with Gasteiger partial charge in [0.05, 0.1) is 42.7 Å². The minimum absolute atomic E-state index is 0.227. The fourth-order valence-electron chi connectivity index (χ4n) is 3.95. The van der Waals surface area contributed by atoms with Gasteiger partial charge in [-0.2, -0.15) is 0 Å². The maximum absolute atomic E-state index is 13.6. The third-order valence-corrected chi connectivity index (χ3v) is 6.53. The Labute approximate surface area is 206 Å². The first kappa shape index (κ1) is 24.2. The molecule has 0 saturated heterocycles. The Morgan fingerprint density at radius 1 is 1.11 bits per heavy atom. The summed E-state index contributed by atoms with van der Waals surface area (Å²) in [5.41, 5.74) is 2.27. The number of allylic oxidation sites excluding steroid dienone is 2. The van der Waals surface area contributed by atoms with Crippen LogP contribution in [0.3, 0.4) is 0 Å². The van der Waals surface area contributed by atoms with Gasteiger partial charge >= 0.3 is 5.97 Å². The summed E-state index contributed by atoms with van der Waals surface area (Å²) in [5, 5.41) is 0. The Morgan fingerprint density at radius 2 is 1.89 bits per heavy atom. The van der Waals surface area contributed by atoms with Gasteiger partial charge in [0.25, 0.3) is 5.56 Å². The van der Waals surface area contributed by atoms with E-state index in [0.29, 0.717) is 37.7 Å². The summed E-state index contributed by atoms with van der Waals surface area (Å²) in [6.07, 6.45) is 5.49. The van der Waals surface area contributed by atoms with Crippen LogP contribution in [-0.4, -0.2) is 31.4 Å². The molecule has 2 aromatic carbocycles. The number of carbonyl (C=O) groups excluding carboxylic acids is 1. The molecule has 1 aliphatic heterocycles. The molecule has 0 amide bonds. The summed E-state index contributed by atoms with van der Waals surface area (Å²) in [6, 6.07) is 14.5. The van der Waals surface area contributed by atoms with Crippen molar-refractivity contribution in [1.29, 1.82) is 0 Å². The number of nitrogens with zero attached hydrogens (tertiary/aromatic N) is 2. The largest absolute Gasteiger partial charge is 0.493 e. The Hall–Kier alpha value is -3.91. The summed E-state index contributed by atoms with van der Waals surface area (Å²) in [5.74, 6) is 0.614. The lowest BCUT2D eigenvalue weighted by atomic mass is 10.0. The molecule has 0 fully saturated rings. The van der Waals surface area contributed by atoms with Crippen LogP contribution in [-0.2, 0) is 9.53 Å². The zero-order valence-corrected chi connectivity index (χ0v) is 20.8. The normalized spacial score (nSPS) is 15.7. The van der Waals surface area contributed by atoms with E-state index in [1.807, 2.05) is 54.6 Å². The standard InChI is InChI=1S/C27H26N2O5S/c1-5-34-26(31)23-17(2)28-27-29(20(23)15-14-18-10-7-6-8-11-18)25(30)22(35-27)16-19-12-9-13-21(32-3)24(19)33-4/h6-16,20H,5H2,1-4H3/b15-14+,22-16+. The van der Waals surface area contributed by atoms with E-state index in [0.717, 1.165) is 5.56 Å². The van der Waals surface area contributed by atoms with Crippen molar-refractivity contribution in [3.63, 3.8) is 0 Å². The lowest BCUT2D eigenvalue weighted by Gasteiger charge is -2.21. The number of methoxy groups -OCH3 is 2. The number of aromatic nitrogens is 1. The number of esters is 1. The molecule has 7 nitrogen and oxygen atoms in total. The predicted octanol–water partition coefficient (Wildman–Crippen LogP) is 3.48. The molecule has 1 atom stereocenters. The molecule has 180 valence electrons. The Morgan fingerprint density at radius 3 is 2.57 bits per heavy atom. The van der Waals surface area contributed by atoms with Crippen LogP contribution >= 0.6 is 11.3 Å². The summed E-state index contributed by atoms with van der Waals surface area (Å²) in [7, 11) is 3.12. The maximum atomic E-state index is 13.6. The number of thiazole rings is 1. The minimum Gasteiger partial charge on any atom is -0.493 e. The summed E-state index contributed by atoms with van der Waals surface area (Å²) in [4.78, 5) is 31.6. The molecule has 0 radical (unpaired) electrons. The van der Waals surface area contributed by atoms with Crippen LogP contribution in [0.25, 0.3) is 12.2 Å². The van der Waals surface area contributed by atoms with Crippen molar-refractivity contribution >= 4 is 29.5 Å². The highest BCUT2D eigenvalue weighted by molar-refractivity contribution is 7.07. The number of carbonyl (C=O) groups is 1. The van der Waals surface area contributed by atoms with E-state index in [-0.39, 0.29) is 12.2 Å². The van der Waals surface area contributed by atoms with E-state index in [9.17, 15) is 9.59 Å². The van der Waals surface area contributed by atoms with E-state index < -0.39 is 12.0 Å². The van der Waals surface area contributed by atoms with Crippen LogP contribution in [0.5, 0.6) is 11.5 Å². The molecule has 0 spiro atoms. The van der Waals surface area contributed by atoms with Crippen LogP contribution in [0.4, 0.5) is 0 Å². The highest BCUT2D eigenvalue weighted by Gasteiger charge is 2.30. The fraction of sp³-hybridized carbons (Fsp3) is 0.222. The van der Waals surface area contributed by atoms with Crippen molar-refractivity contribution in [2.45, 2.75) is 19.9 Å². The maximum Gasteiger partial charge on any atom is 0.338 e. The van der Waals surface area contributed by atoms with E-state index >= 15 is 0 Å². The number of rotatable bonds is 7. The summed E-state index contributed by atoms with van der Waals surface area (Å²) < 4.78 is 18.2. The molecule has 4 rings (SSSR count). The smallest absolute Gasteiger partial charge is 0.338 e. The van der Waals surface area contributed by atoms with Crippen LogP contribution in [0, 0.1) is 0 Å². The fourth-order valence-corrected chi connectivity index (χ4v) is 5.00. The second-order valence-electron chi connectivity index (χ2n) is 7.70. The van der Waals surface area contributed by atoms with Gasteiger partial charge in [0, 0.05) is 5.56 Å². The number of ether oxygens (including phenoxy) is 3. The van der Waals surface area contributed by atoms with E-state index in [1.165, 1.54) is 11.3 Å². The second kappa shape index (κ2) is 10.6. The quantitative estimate of drug-likeness (QED) is 0.474. The number of benzene rings is 2. The van der Waals surface area contributed by atoms with Crippen molar-refractivity contribution in [3.8, 4) is 11.5 Å². The summed E-state index contributed by atoms with van der Waals surface area (Å²) >= 11 is 1.26. The monoisotopic (exact) mass is 490 g/mol. The van der Waals surface area contributed by atoms with Gasteiger partial charge in [0.2, 0.25) is 0 Å². The van der Waals surface area contributed by atoms with Gasteiger partial charge in [-0.05, 0) is 31.6 Å². The van der Waals surface area contributed by atoms with Crippen molar-refractivity contribution < 1.29 is 19.0 Å². The van der Waals surface area contributed by atoms with Gasteiger partial charge in [0.1, 0.15) is 0 Å². The average molecular weight is 491 g/mol.